The van der Waals surface area contributed by atoms with Gasteiger partial charge in [0.1, 0.15) is 0 Å². The number of hydrogen-bond donors (Lipinski definition) is 0. The lowest BCUT2D eigenvalue weighted by Crippen LogP contribution is -2.22. The Hall–Kier alpha value is -3.54. The van der Waals surface area contributed by atoms with Crippen molar-refractivity contribution in [2.45, 2.75) is 12.4 Å². The van der Waals surface area contributed by atoms with Crippen LogP contribution >= 0.6 is 0 Å². The van der Waals surface area contributed by atoms with Crippen LogP contribution in [-0.4, -0.2) is 26.9 Å². The van der Waals surface area contributed by atoms with Gasteiger partial charge in [0.05, 0.1) is 21.8 Å². The molecular weight excluding hydrogens is 525 g/mol. The molecular formula is C16HBF14N4. The van der Waals surface area contributed by atoms with Crippen molar-refractivity contribution in [3.05, 3.63) is 57.9 Å². The van der Waals surface area contributed by atoms with Gasteiger partial charge < -0.3 is 0 Å². The Morgan fingerprint density at radius 2 is 0.743 bits per heavy atom. The second-order valence-corrected chi connectivity index (χ2v) is 6.79. The second kappa shape index (κ2) is 7.48. The fourth-order valence-electron chi connectivity index (χ4n) is 3.33. The van der Waals surface area contributed by atoms with Crippen molar-refractivity contribution in [1.29, 1.82) is 0 Å². The summed E-state index contributed by atoms with van der Waals surface area (Å²) in [6.07, 6.45) is -11.3. The zero-order chi connectivity index (χ0) is 26.4. The van der Waals surface area contributed by atoms with E-state index in [-0.39, 0.29) is 0 Å². The Morgan fingerprint density at radius 3 is 1.03 bits per heavy atom. The molecule has 0 aliphatic heterocycles. The van der Waals surface area contributed by atoms with Crippen molar-refractivity contribution in [1.82, 2.24) is 19.4 Å². The van der Waals surface area contributed by atoms with E-state index in [9.17, 15) is 61.5 Å². The highest BCUT2D eigenvalue weighted by Gasteiger charge is 2.43. The van der Waals surface area contributed by atoms with E-state index in [0.29, 0.717) is 0 Å². The first-order valence-corrected chi connectivity index (χ1v) is 8.57. The highest BCUT2D eigenvalue weighted by atomic mass is 19.4. The molecule has 186 valence electrons. The summed E-state index contributed by atoms with van der Waals surface area (Å²) in [6.45, 7) is 0. The molecule has 2 aromatic carbocycles. The lowest BCUT2D eigenvalue weighted by atomic mass is 10.1. The van der Waals surface area contributed by atoms with Gasteiger partial charge in [0.15, 0.2) is 57.9 Å². The Bertz CT molecular complexity index is 1420. The number of alkyl halides is 6. The lowest BCUT2D eigenvalue weighted by molar-refractivity contribution is -0.140. The van der Waals surface area contributed by atoms with Crippen LogP contribution in [-0.2, 0) is 12.4 Å². The Balaban J connectivity index is 2.11. The molecule has 35 heavy (non-hydrogen) atoms. The molecule has 0 unspecified atom stereocenters. The normalized spacial score (nSPS) is 12.9. The smallest absolute Gasteiger partial charge is 0.283 e. The van der Waals surface area contributed by atoms with E-state index in [0.717, 1.165) is 0 Å². The number of benzene rings is 2. The summed E-state index contributed by atoms with van der Waals surface area (Å²) in [5, 5.41) is 1.37. The molecule has 0 spiro atoms. The van der Waals surface area contributed by atoms with Crippen LogP contribution in [0.2, 0.25) is 0 Å². The second-order valence-electron chi connectivity index (χ2n) is 6.79. The fourth-order valence-corrected chi connectivity index (χ4v) is 3.33. The minimum atomic E-state index is -5.67. The Kier molecular flexibility index (Phi) is 5.25. The summed E-state index contributed by atoms with van der Waals surface area (Å²) in [5.41, 5.74) is -8.35. The van der Waals surface area contributed by atoms with Gasteiger partial charge in [-0.15, -0.1) is 0 Å². The number of nitrogens with zero attached hydrogens (tertiary/aromatic N) is 4. The number of rotatable bonds is 2. The molecule has 2 heterocycles. The van der Waals surface area contributed by atoms with Crippen LogP contribution in [0.3, 0.4) is 0 Å². The van der Waals surface area contributed by atoms with E-state index in [4.69, 9.17) is 0 Å². The minimum absolute atomic E-state index is 0.399. The molecule has 0 N–H and O–H groups in total. The molecule has 0 fully saturated rings. The maximum absolute atomic E-state index is 14.3. The number of hydrogen-bond acceptors (Lipinski definition) is 2. The number of fused-ring (bicyclic) bond motifs is 2. The van der Waals surface area contributed by atoms with Crippen LogP contribution in [0, 0.1) is 46.5 Å². The molecule has 0 bridgehead atoms. The highest BCUT2D eigenvalue weighted by molar-refractivity contribution is 6.35. The van der Waals surface area contributed by atoms with Gasteiger partial charge in [0.25, 0.3) is 0 Å². The third-order valence-electron chi connectivity index (χ3n) is 4.72. The lowest BCUT2D eigenvalue weighted by Gasteiger charge is -2.07. The van der Waals surface area contributed by atoms with Crippen molar-refractivity contribution in [3.63, 3.8) is 0 Å². The van der Waals surface area contributed by atoms with Crippen molar-refractivity contribution >= 4 is 29.4 Å². The van der Waals surface area contributed by atoms with Gasteiger partial charge in [-0.1, -0.05) is 0 Å². The first kappa shape index (κ1) is 24.6. The first-order valence-electron chi connectivity index (χ1n) is 8.57. The maximum atomic E-state index is 14.3. The average Bonchev–Trinajstić information content (AvgIpc) is 3.33. The van der Waals surface area contributed by atoms with Gasteiger partial charge in [-0.05, 0) is 0 Å². The van der Waals surface area contributed by atoms with E-state index in [2.05, 4.69) is 10.2 Å². The van der Waals surface area contributed by atoms with E-state index < -0.39 is 109 Å². The van der Waals surface area contributed by atoms with Gasteiger partial charge in [0, 0.05) is 0 Å². The molecule has 4 aromatic rings. The third-order valence-corrected chi connectivity index (χ3v) is 4.72. The van der Waals surface area contributed by atoms with Crippen molar-refractivity contribution < 1.29 is 61.5 Å². The number of halogens is 14. The average molecular weight is 526 g/mol. The molecule has 0 aliphatic carbocycles. The summed E-state index contributed by atoms with van der Waals surface area (Å²) >= 11 is 0. The van der Waals surface area contributed by atoms with Crippen molar-refractivity contribution in [2.75, 3.05) is 0 Å². The van der Waals surface area contributed by atoms with E-state index >= 15 is 0 Å². The monoisotopic (exact) mass is 526 g/mol. The Labute approximate surface area is 181 Å². The molecule has 4 rings (SSSR count). The molecule has 2 aromatic heterocycles. The molecule has 19 heteroatoms. The van der Waals surface area contributed by atoms with Crippen LogP contribution in [0.5, 0.6) is 0 Å². The topological polar surface area (TPSA) is 35.6 Å². The predicted octanol–water partition coefficient (Wildman–Crippen LogP) is 5.20. The summed E-state index contributed by atoms with van der Waals surface area (Å²) in [5.74, 6) is -20.8. The van der Waals surface area contributed by atoms with Gasteiger partial charge in [-0.25, -0.2) is 35.1 Å². The highest BCUT2D eigenvalue weighted by Crippen LogP contribution is 2.40. The van der Waals surface area contributed by atoms with Crippen LogP contribution in [0.1, 0.15) is 11.4 Å². The predicted molar refractivity (Wildman–Crippen MR) is 87.1 cm³/mol. The zero-order valence-electron chi connectivity index (χ0n) is 15.8. The van der Waals surface area contributed by atoms with Crippen molar-refractivity contribution in [3.8, 4) is 0 Å². The molecule has 0 aliphatic rings. The SMILES string of the molecule is Fc1c(F)c(F)c2c(c(C(F)(F)F)nn2Bn2nc(C(F)(F)F)c3c(F)c(F)c(F)c(F)c32)c1F. The van der Waals surface area contributed by atoms with Crippen LogP contribution in [0.25, 0.3) is 21.8 Å². The maximum Gasteiger partial charge on any atom is 0.435 e. The van der Waals surface area contributed by atoms with Crippen LogP contribution in [0.4, 0.5) is 61.5 Å². The number of aromatic nitrogens is 4. The minimum Gasteiger partial charge on any atom is -0.283 e. The van der Waals surface area contributed by atoms with Crippen LogP contribution < -0.4 is 0 Å². The summed E-state index contributed by atoms with van der Waals surface area (Å²) < 4.78 is 190. The molecule has 0 saturated heterocycles. The van der Waals surface area contributed by atoms with Gasteiger partial charge in [-0.2, -0.15) is 36.5 Å². The summed E-state index contributed by atoms with van der Waals surface area (Å²) in [4.78, 5) is 0. The van der Waals surface area contributed by atoms with E-state index in [1.54, 1.807) is 0 Å². The third kappa shape index (κ3) is 3.46. The van der Waals surface area contributed by atoms with Gasteiger partial charge in [0.2, 0.25) is 0 Å². The van der Waals surface area contributed by atoms with E-state index in [1.807, 2.05) is 0 Å². The molecule has 0 radical (unpaired) electrons. The molecule has 4 nitrogen and oxygen atoms in total. The molecule has 0 saturated carbocycles. The van der Waals surface area contributed by atoms with Gasteiger partial charge >= 0.3 is 19.9 Å². The Morgan fingerprint density at radius 1 is 0.457 bits per heavy atom. The van der Waals surface area contributed by atoms with Gasteiger partial charge in [-0.3, -0.25) is 9.19 Å². The largest absolute Gasteiger partial charge is 0.435 e. The quantitative estimate of drug-likeness (QED) is 0.156. The molecule has 0 atom stereocenters. The zero-order valence-corrected chi connectivity index (χ0v) is 15.8. The standard InChI is InChI=1S/C16HBF14N4/c18-3-1-11(9(24)7(22)5(3)20)34(32-13(1)15(26,27)28)17-35-12-2(14(33-35)16(29,30)31)4(19)6(21)8(23)10(12)25/h17H. The van der Waals surface area contributed by atoms with Crippen molar-refractivity contribution in [2.24, 2.45) is 0 Å². The van der Waals surface area contributed by atoms with E-state index in [1.165, 1.54) is 0 Å². The fraction of sp³-hybridized carbons (Fsp3) is 0.125. The van der Waals surface area contributed by atoms with Crippen LogP contribution in [0.15, 0.2) is 0 Å². The first-order chi connectivity index (χ1) is 16.0. The summed E-state index contributed by atoms with van der Waals surface area (Å²) in [6, 6.07) is 0. The summed E-state index contributed by atoms with van der Waals surface area (Å²) in [7, 11) is -1.79. The molecule has 0 amide bonds.